The molecule has 2 aromatic rings. The second kappa shape index (κ2) is 5.17. The molecule has 1 aromatic heterocycles. The van der Waals surface area contributed by atoms with Crippen LogP contribution in [0.25, 0.3) is 11.3 Å². The number of aryl methyl sites for hydroxylation is 2. The van der Waals surface area contributed by atoms with Crippen molar-refractivity contribution in [2.45, 2.75) is 53.1 Å². The molecule has 4 rings (SSSR count). The van der Waals surface area contributed by atoms with Crippen LogP contribution in [0.4, 0.5) is 0 Å². The van der Waals surface area contributed by atoms with Gasteiger partial charge in [-0.25, -0.2) is 0 Å². The van der Waals surface area contributed by atoms with E-state index in [0.29, 0.717) is 0 Å². The van der Waals surface area contributed by atoms with Crippen molar-refractivity contribution >= 4 is 5.78 Å². The first-order chi connectivity index (χ1) is 11.4. The number of ether oxygens (including phenoxy) is 1. The van der Waals surface area contributed by atoms with E-state index in [1.54, 1.807) is 0 Å². The van der Waals surface area contributed by atoms with E-state index in [4.69, 9.17) is 9.72 Å². The van der Waals surface area contributed by atoms with Gasteiger partial charge in [0.05, 0.1) is 11.4 Å². The third-order valence-electron chi connectivity index (χ3n) is 5.40. The van der Waals surface area contributed by atoms with E-state index in [9.17, 15) is 4.79 Å². The predicted molar refractivity (Wildman–Crippen MR) is 94.6 cm³/mol. The molecule has 0 spiro atoms. The maximum absolute atomic E-state index is 12.6. The molecule has 0 fully saturated rings. The molecule has 0 radical (unpaired) electrons. The predicted octanol–water partition coefficient (Wildman–Crippen LogP) is 4.54. The summed E-state index contributed by atoms with van der Waals surface area (Å²) < 4.78 is 6.06. The number of aromatic nitrogens is 1. The Bertz CT molecular complexity index is 851. The van der Waals surface area contributed by atoms with Crippen LogP contribution < -0.4 is 4.74 Å². The number of hydrogen-bond acceptors (Lipinski definition) is 3. The van der Waals surface area contributed by atoms with Crippen molar-refractivity contribution in [3.05, 3.63) is 46.6 Å². The highest BCUT2D eigenvalue weighted by atomic mass is 16.5. The molecule has 0 amide bonds. The van der Waals surface area contributed by atoms with Crippen molar-refractivity contribution in [2.24, 2.45) is 5.41 Å². The maximum atomic E-state index is 12.6. The molecule has 24 heavy (non-hydrogen) atoms. The highest BCUT2D eigenvalue weighted by Crippen LogP contribution is 2.41. The van der Waals surface area contributed by atoms with Gasteiger partial charge in [0.15, 0.2) is 5.78 Å². The Morgan fingerprint density at radius 2 is 1.92 bits per heavy atom. The van der Waals surface area contributed by atoms with Crippen LogP contribution in [0.2, 0.25) is 0 Å². The molecule has 3 heteroatoms. The first kappa shape index (κ1) is 15.4. The summed E-state index contributed by atoms with van der Waals surface area (Å²) in [5, 5.41) is 0. The van der Waals surface area contributed by atoms with Crippen LogP contribution in [-0.4, -0.2) is 16.9 Å². The minimum atomic E-state index is -0.278. The fourth-order valence-electron chi connectivity index (χ4n) is 3.80. The molecule has 0 bridgehead atoms. The van der Waals surface area contributed by atoms with Gasteiger partial charge < -0.3 is 4.74 Å². The molecule has 1 unspecified atom stereocenters. The Balaban J connectivity index is 1.81. The Morgan fingerprint density at radius 1 is 1.17 bits per heavy atom. The highest BCUT2D eigenvalue weighted by Gasteiger charge is 2.35. The smallest absolute Gasteiger partial charge is 0.170 e. The maximum Gasteiger partial charge on any atom is 0.170 e. The standard InChI is InChI=1S/C21H23NO2/c1-12-5-6-14(19-16(12)11-13(2)24-19)17-8-7-15-18(22-17)9-10-21(3,4)20(15)23/h5-8,13H,9-11H2,1-4H3. The van der Waals surface area contributed by atoms with Gasteiger partial charge >= 0.3 is 0 Å². The molecule has 0 saturated heterocycles. The molecule has 2 aliphatic rings. The molecule has 0 N–H and O–H groups in total. The first-order valence-electron chi connectivity index (χ1n) is 8.71. The van der Waals surface area contributed by atoms with Crippen molar-refractivity contribution in [3.63, 3.8) is 0 Å². The summed E-state index contributed by atoms with van der Waals surface area (Å²) >= 11 is 0. The zero-order valence-electron chi connectivity index (χ0n) is 14.8. The number of benzene rings is 1. The number of rotatable bonds is 1. The molecular formula is C21H23NO2. The van der Waals surface area contributed by atoms with Gasteiger partial charge in [-0.2, -0.15) is 0 Å². The van der Waals surface area contributed by atoms with Crippen LogP contribution >= 0.6 is 0 Å². The Labute approximate surface area is 143 Å². The number of carbonyl (C=O) groups is 1. The number of carbonyl (C=O) groups excluding carboxylic acids is 1. The molecule has 1 aromatic carbocycles. The molecule has 0 saturated carbocycles. The number of hydrogen-bond donors (Lipinski definition) is 0. The second-order valence-corrected chi connectivity index (χ2v) is 7.77. The number of pyridine rings is 1. The van der Waals surface area contributed by atoms with Crippen molar-refractivity contribution in [2.75, 3.05) is 0 Å². The summed E-state index contributed by atoms with van der Waals surface area (Å²) in [6.45, 7) is 8.28. The van der Waals surface area contributed by atoms with Gasteiger partial charge in [-0.3, -0.25) is 9.78 Å². The van der Waals surface area contributed by atoms with Gasteiger partial charge in [-0.1, -0.05) is 19.9 Å². The number of Topliss-reactive ketones (excluding diaryl/α,β-unsaturated/α-hetero) is 1. The second-order valence-electron chi connectivity index (χ2n) is 7.77. The molecule has 1 atom stereocenters. The molecule has 1 aliphatic heterocycles. The largest absolute Gasteiger partial charge is 0.489 e. The lowest BCUT2D eigenvalue weighted by molar-refractivity contribution is 0.0809. The van der Waals surface area contributed by atoms with E-state index in [1.807, 2.05) is 26.0 Å². The SMILES string of the molecule is Cc1ccc(-c2ccc3c(n2)CCC(C)(C)C3=O)c2c1CC(C)O2. The molecular weight excluding hydrogens is 298 g/mol. The summed E-state index contributed by atoms with van der Waals surface area (Å²) in [5.41, 5.74) is 5.95. The fourth-order valence-corrected chi connectivity index (χ4v) is 3.80. The average molecular weight is 321 g/mol. The first-order valence-corrected chi connectivity index (χ1v) is 8.71. The van der Waals surface area contributed by atoms with Crippen molar-refractivity contribution < 1.29 is 9.53 Å². The third-order valence-corrected chi connectivity index (χ3v) is 5.40. The van der Waals surface area contributed by atoms with E-state index in [2.05, 4.69) is 26.0 Å². The summed E-state index contributed by atoms with van der Waals surface area (Å²) in [6.07, 6.45) is 2.87. The van der Waals surface area contributed by atoms with Crippen LogP contribution in [0.5, 0.6) is 5.75 Å². The zero-order chi connectivity index (χ0) is 17.1. The lowest BCUT2D eigenvalue weighted by atomic mass is 9.75. The third kappa shape index (κ3) is 2.26. The quantitative estimate of drug-likeness (QED) is 0.774. The van der Waals surface area contributed by atoms with E-state index in [1.165, 1.54) is 11.1 Å². The topological polar surface area (TPSA) is 39.2 Å². The van der Waals surface area contributed by atoms with Gasteiger partial charge in [0.1, 0.15) is 11.9 Å². The normalized spacial score (nSPS) is 21.2. The molecule has 1 aliphatic carbocycles. The van der Waals surface area contributed by atoms with Crippen LogP contribution in [0.3, 0.4) is 0 Å². The van der Waals surface area contributed by atoms with Crippen LogP contribution in [0.1, 0.15) is 54.4 Å². The van der Waals surface area contributed by atoms with Gasteiger partial charge in [-0.05, 0) is 50.5 Å². The lowest BCUT2D eigenvalue weighted by Crippen LogP contribution is -2.31. The van der Waals surface area contributed by atoms with Crippen LogP contribution in [0.15, 0.2) is 24.3 Å². The Kier molecular flexibility index (Phi) is 3.31. The van der Waals surface area contributed by atoms with Gasteiger partial charge in [0, 0.05) is 28.5 Å². The summed E-state index contributed by atoms with van der Waals surface area (Å²) in [5.74, 6) is 1.18. The summed E-state index contributed by atoms with van der Waals surface area (Å²) in [7, 11) is 0. The van der Waals surface area contributed by atoms with Crippen LogP contribution in [0, 0.1) is 12.3 Å². The van der Waals surface area contributed by atoms with Crippen molar-refractivity contribution in [1.82, 2.24) is 4.98 Å². The number of nitrogens with zero attached hydrogens (tertiary/aromatic N) is 1. The summed E-state index contributed by atoms with van der Waals surface area (Å²) in [4.78, 5) is 17.4. The monoisotopic (exact) mass is 321 g/mol. The van der Waals surface area contributed by atoms with Crippen molar-refractivity contribution in [1.29, 1.82) is 0 Å². The lowest BCUT2D eigenvalue weighted by Gasteiger charge is -2.29. The number of ketones is 1. The van der Waals surface area contributed by atoms with E-state index >= 15 is 0 Å². The van der Waals surface area contributed by atoms with Gasteiger partial charge in [0.2, 0.25) is 0 Å². The molecule has 124 valence electrons. The fraction of sp³-hybridized carbons (Fsp3) is 0.429. The minimum Gasteiger partial charge on any atom is -0.489 e. The molecule has 3 nitrogen and oxygen atoms in total. The van der Waals surface area contributed by atoms with E-state index in [0.717, 1.165) is 47.5 Å². The summed E-state index contributed by atoms with van der Waals surface area (Å²) in [6, 6.07) is 8.15. The Morgan fingerprint density at radius 3 is 2.71 bits per heavy atom. The number of fused-ring (bicyclic) bond motifs is 2. The van der Waals surface area contributed by atoms with Gasteiger partial charge in [0.25, 0.3) is 0 Å². The Hall–Kier alpha value is -2.16. The van der Waals surface area contributed by atoms with Crippen LogP contribution in [-0.2, 0) is 12.8 Å². The van der Waals surface area contributed by atoms with Gasteiger partial charge in [-0.15, -0.1) is 0 Å². The average Bonchev–Trinajstić information content (AvgIpc) is 2.94. The minimum absolute atomic E-state index is 0.208. The zero-order valence-corrected chi connectivity index (χ0v) is 14.8. The highest BCUT2D eigenvalue weighted by molar-refractivity contribution is 6.02. The molecule has 2 heterocycles. The van der Waals surface area contributed by atoms with Crippen molar-refractivity contribution in [3.8, 4) is 17.0 Å². The van der Waals surface area contributed by atoms with E-state index in [-0.39, 0.29) is 17.3 Å². The van der Waals surface area contributed by atoms with E-state index < -0.39 is 0 Å².